The van der Waals surface area contributed by atoms with Crippen molar-refractivity contribution in [2.24, 2.45) is 11.7 Å². The van der Waals surface area contributed by atoms with Gasteiger partial charge in [0.15, 0.2) is 0 Å². The lowest BCUT2D eigenvalue weighted by atomic mass is 9.87. The lowest BCUT2D eigenvalue weighted by molar-refractivity contribution is 0.116. The summed E-state index contributed by atoms with van der Waals surface area (Å²) >= 11 is 0. The van der Waals surface area contributed by atoms with Crippen molar-refractivity contribution in [1.29, 1.82) is 0 Å². The molecule has 1 rings (SSSR count). The smallest absolute Gasteiger partial charge is 0.129 e. The molecular formula is C14H21F2NO. The molecule has 3 unspecified atom stereocenters. The molecule has 2 nitrogen and oxygen atoms in total. The fourth-order valence-corrected chi connectivity index (χ4v) is 2.04. The second kappa shape index (κ2) is 6.81. The Morgan fingerprint density at radius 2 is 2.00 bits per heavy atom. The summed E-state index contributed by atoms with van der Waals surface area (Å²) in [5.41, 5.74) is 5.90. The van der Waals surface area contributed by atoms with Crippen LogP contribution in [-0.4, -0.2) is 17.8 Å². The van der Waals surface area contributed by atoms with E-state index >= 15 is 0 Å². The number of benzene rings is 1. The Bertz CT molecular complexity index is 384. The Balaban J connectivity index is 2.88. The molecule has 4 heteroatoms. The van der Waals surface area contributed by atoms with Crippen LogP contribution < -0.4 is 5.73 Å². The molecule has 0 heterocycles. The van der Waals surface area contributed by atoms with E-state index in [1.807, 2.05) is 13.8 Å². The highest BCUT2D eigenvalue weighted by molar-refractivity contribution is 5.24. The maximum Gasteiger partial charge on any atom is 0.129 e. The molecule has 0 aliphatic rings. The van der Waals surface area contributed by atoms with Gasteiger partial charge in [0.2, 0.25) is 0 Å². The Morgan fingerprint density at radius 3 is 2.50 bits per heavy atom. The minimum Gasteiger partial charge on any atom is -0.392 e. The van der Waals surface area contributed by atoms with Crippen LogP contribution in [0.2, 0.25) is 0 Å². The Morgan fingerprint density at radius 1 is 1.33 bits per heavy atom. The lowest BCUT2D eigenvalue weighted by Gasteiger charge is -2.24. The van der Waals surface area contributed by atoms with Crippen molar-refractivity contribution in [2.75, 3.05) is 6.54 Å². The number of nitrogens with two attached hydrogens (primary N) is 1. The van der Waals surface area contributed by atoms with Gasteiger partial charge in [0.25, 0.3) is 0 Å². The molecule has 102 valence electrons. The third-order valence-corrected chi connectivity index (χ3v) is 3.42. The molecule has 1 aromatic rings. The SMILES string of the molecule is CCC(C)CC(O)C(CN)c1ccc(F)cc1F. The van der Waals surface area contributed by atoms with Crippen LogP contribution in [0.5, 0.6) is 0 Å². The topological polar surface area (TPSA) is 46.2 Å². The zero-order valence-electron chi connectivity index (χ0n) is 10.9. The second-order valence-corrected chi connectivity index (χ2v) is 4.82. The van der Waals surface area contributed by atoms with Crippen LogP contribution in [0.15, 0.2) is 18.2 Å². The van der Waals surface area contributed by atoms with Crippen LogP contribution >= 0.6 is 0 Å². The van der Waals surface area contributed by atoms with E-state index in [9.17, 15) is 13.9 Å². The Labute approximate surface area is 107 Å². The van der Waals surface area contributed by atoms with Gasteiger partial charge < -0.3 is 10.8 Å². The van der Waals surface area contributed by atoms with Crippen LogP contribution in [0, 0.1) is 17.6 Å². The molecule has 18 heavy (non-hydrogen) atoms. The molecule has 0 aromatic heterocycles. The van der Waals surface area contributed by atoms with E-state index in [-0.39, 0.29) is 12.1 Å². The highest BCUT2D eigenvalue weighted by Gasteiger charge is 2.24. The van der Waals surface area contributed by atoms with Crippen molar-refractivity contribution >= 4 is 0 Å². The van der Waals surface area contributed by atoms with Gasteiger partial charge in [-0.15, -0.1) is 0 Å². The second-order valence-electron chi connectivity index (χ2n) is 4.82. The molecule has 0 aliphatic heterocycles. The van der Waals surface area contributed by atoms with Crippen molar-refractivity contribution in [1.82, 2.24) is 0 Å². The molecular weight excluding hydrogens is 236 g/mol. The maximum atomic E-state index is 13.7. The minimum absolute atomic E-state index is 0.139. The molecule has 0 saturated heterocycles. The van der Waals surface area contributed by atoms with Crippen molar-refractivity contribution in [3.05, 3.63) is 35.4 Å². The number of rotatable bonds is 6. The van der Waals surface area contributed by atoms with E-state index in [0.29, 0.717) is 12.3 Å². The number of hydrogen-bond acceptors (Lipinski definition) is 2. The van der Waals surface area contributed by atoms with Crippen molar-refractivity contribution in [3.8, 4) is 0 Å². The number of halogens is 2. The van der Waals surface area contributed by atoms with Gasteiger partial charge in [0.1, 0.15) is 11.6 Å². The van der Waals surface area contributed by atoms with Gasteiger partial charge in [-0.3, -0.25) is 0 Å². The van der Waals surface area contributed by atoms with E-state index in [1.165, 1.54) is 12.1 Å². The monoisotopic (exact) mass is 257 g/mol. The van der Waals surface area contributed by atoms with Crippen LogP contribution in [0.1, 0.15) is 38.2 Å². The van der Waals surface area contributed by atoms with Crippen LogP contribution in [0.4, 0.5) is 8.78 Å². The third-order valence-electron chi connectivity index (χ3n) is 3.42. The molecule has 3 atom stereocenters. The van der Waals surface area contributed by atoms with Gasteiger partial charge in [-0.05, 0) is 24.0 Å². The highest BCUT2D eigenvalue weighted by Crippen LogP contribution is 2.26. The molecule has 0 spiro atoms. The first kappa shape index (κ1) is 15.1. The summed E-state index contributed by atoms with van der Waals surface area (Å²) in [4.78, 5) is 0. The Kier molecular flexibility index (Phi) is 5.69. The van der Waals surface area contributed by atoms with Crippen molar-refractivity contribution < 1.29 is 13.9 Å². The molecule has 0 aliphatic carbocycles. The normalized spacial score (nSPS) is 16.3. The summed E-state index contributed by atoms with van der Waals surface area (Å²) in [5, 5.41) is 10.1. The highest BCUT2D eigenvalue weighted by atomic mass is 19.1. The zero-order chi connectivity index (χ0) is 13.7. The molecule has 3 N–H and O–H groups in total. The van der Waals surface area contributed by atoms with E-state index in [4.69, 9.17) is 5.73 Å². The van der Waals surface area contributed by atoms with Gasteiger partial charge in [-0.25, -0.2) is 8.78 Å². The van der Waals surface area contributed by atoms with E-state index in [1.54, 1.807) is 0 Å². The van der Waals surface area contributed by atoms with Gasteiger partial charge in [-0.2, -0.15) is 0 Å². The Hall–Kier alpha value is -1.00. The first-order chi connectivity index (χ1) is 8.49. The van der Waals surface area contributed by atoms with Gasteiger partial charge in [-0.1, -0.05) is 26.3 Å². The van der Waals surface area contributed by atoms with E-state index < -0.39 is 23.7 Å². The van der Waals surface area contributed by atoms with Crippen LogP contribution in [0.3, 0.4) is 0 Å². The summed E-state index contributed by atoms with van der Waals surface area (Å²) in [7, 11) is 0. The van der Waals surface area contributed by atoms with Gasteiger partial charge in [0, 0.05) is 18.5 Å². The van der Waals surface area contributed by atoms with E-state index in [2.05, 4.69) is 0 Å². The van der Waals surface area contributed by atoms with Crippen LogP contribution in [-0.2, 0) is 0 Å². The van der Waals surface area contributed by atoms with Gasteiger partial charge >= 0.3 is 0 Å². The average Bonchev–Trinajstić information content (AvgIpc) is 2.32. The predicted octanol–water partition coefficient (Wildman–Crippen LogP) is 2.80. The first-order valence-electron chi connectivity index (χ1n) is 6.32. The lowest BCUT2D eigenvalue weighted by Crippen LogP contribution is -2.28. The molecule has 0 amide bonds. The summed E-state index contributed by atoms with van der Waals surface area (Å²) in [6.07, 6.45) is 0.806. The molecule has 0 bridgehead atoms. The molecule has 1 aromatic carbocycles. The zero-order valence-corrected chi connectivity index (χ0v) is 10.9. The first-order valence-corrected chi connectivity index (χ1v) is 6.32. The fraction of sp³-hybridized carbons (Fsp3) is 0.571. The fourth-order valence-electron chi connectivity index (χ4n) is 2.04. The number of aliphatic hydroxyl groups is 1. The maximum absolute atomic E-state index is 13.7. The molecule has 0 fully saturated rings. The van der Waals surface area contributed by atoms with E-state index in [0.717, 1.165) is 12.5 Å². The third kappa shape index (κ3) is 3.75. The summed E-state index contributed by atoms with van der Waals surface area (Å²) in [6.45, 7) is 4.20. The van der Waals surface area contributed by atoms with Crippen molar-refractivity contribution in [3.63, 3.8) is 0 Å². The number of hydrogen-bond donors (Lipinski definition) is 2. The minimum atomic E-state index is -0.704. The molecule has 0 saturated carbocycles. The quantitative estimate of drug-likeness (QED) is 0.823. The summed E-state index contributed by atoms with van der Waals surface area (Å²) < 4.78 is 26.5. The van der Waals surface area contributed by atoms with Crippen molar-refractivity contribution in [2.45, 2.75) is 38.7 Å². The number of aliphatic hydroxyl groups excluding tert-OH is 1. The molecule has 0 radical (unpaired) electrons. The predicted molar refractivity (Wildman–Crippen MR) is 68.2 cm³/mol. The summed E-state index contributed by atoms with van der Waals surface area (Å²) in [5.74, 6) is -1.41. The standard InChI is InChI=1S/C14H21F2NO/c1-3-9(2)6-14(18)12(8-17)11-5-4-10(15)7-13(11)16/h4-5,7,9,12,14,18H,3,6,8,17H2,1-2H3. The largest absolute Gasteiger partial charge is 0.392 e. The van der Waals surface area contributed by atoms with Gasteiger partial charge in [0.05, 0.1) is 6.10 Å². The summed E-state index contributed by atoms with van der Waals surface area (Å²) in [6, 6.07) is 3.38. The average molecular weight is 257 g/mol. The van der Waals surface area contributed by atoms with Crippen LogP contribution in [0.25, 0.3) is 0 Å².